The fourth-order valence-corrected chi connectivity index (χ4v) is 1.82. The first-order valence-corrected chi connectivity index (χ1v) is 6.81. The second-order valence-electron chi connectivity index (χ2n) is 4.84. The van der Waals surface area contributed by atoms with Gasteiger partial charge in [-0.25, -0.2) is 0 Å². The Morgan fingerprint density at radius 2 is 1.06 bits per heavy atom. The van der Waals surface area contributed by atoms with Crippen LogP contribution in [0.1, 0.15) is 38.5 Å². The van der Waals surface area contributed by atoms with E-state index in [9.17, 15) is 0 Å². The molecule has 4 nitrogen and oxygen atoms in total. The predicted molar refractivity (Wildman–Crippen MR) is 73.9 cm³/mol. The van der Waals surface area contributed by atoms with Gasteiger partial charge in [-0.05, 0) is 40.0 Å². The van der Waals surface area contributed by atoms with E-state index in [2.05, 4.69) is 36.0 Å². The molecule has 4 heteroatoms. The summed E-state index contributed by atoms with van der Waals surface area (Å²) in [5.74, 6) is 0. The van der Waals surface area contributed by atoms with Crippen LogP contribution < -0.4 is 0 Å². The highest BCUT2D eigenvalue weighted by Crippen LogP contribution is 2.02. The zero-order chi connectivity index (χ0) is 13.6. The van der Waals surface area contributed by atoms with Crippen molar-refractivity contribution in [2.24, 2.45) is 0 Å². The second-order valence-corrected chi connectivity index (χ2v) is 4.84. The fourth-order valence-electron chi connectivity index (χ4n) is 1.82. The topological polar surface area (TPSA) is 54.1 Å². The van der Waals surface area contributed by atoms with Crippen LogP contribution in [0.4, 0.5) is 0 Å². The highest BCUT2D eigenvalue weighted by molar-refractivity contribution is 4.71. The highest BCUT2D eigenvalue weighted by Gasteiger charge is 1.99. The minimum absolute atomic E-state index is 0.625. The standard InChI is InChI=1S/C14H26N4/c1-17(13-7-9-15)11-5-3-4-6-12-18(2)14-8-10-16/h3-8,11-14H2,1-2H3. The molecule has 0 N–H and O–H groups in total. The van der Waals surface area contributed by atoms with Gasteiger partial charge in [0.2, 0.25) is 0 Å². The van der Waals surface area contributed by atoms with Gasteiger partial charge in [-0.2, -0.15) is 10.5 Å². The first kappa shape index (κ1) is 16.9. The Labute approximate surface area is 112 Å². The van der Waals surface area contributed by atoms with Crippen molar-refractivity contribution in [3.8, 4) is 12.1 Å². The average molecular weight is 250 g/mol. The van der Waals surface area contributed by atoms with Crippen LogP contribution in [0.5, 0.6) is 0 Å². The SMILES string of the molecule is CN(CCC#N)CCCCCCN(C)CCC#N. The minimum atomic E-state index is 0.625. The van der Waals surface area contributed by atoms with Crippen LogP contribution in [-0.2, 0) is 0 Å². The number of rotatable bonds is 11. The molecule has 0 rings (SSSR count). The van der Waals surface area contributed by atoms with Crippen molar-refractivity contribution in [2.45, 2.75) is 38.5 Å². The average Bonchev–Trinajstić information content (AvgIpc) is 2.37. The Kier molecular flexibility index (Phi) is 11.6. The zero-order valence-electron chi connectivity index (χ0n) is 11.9. The Balaban J connectivity index is 3.25. The van der Waals surface area contributed by atoms with Gasteiger partial charge in [0.05, 0.1) is 12.1 Å². The van der Waals surface area contributed by atoms with Gasteiger partial charge in [0.1, 0.15) is 0 Å². The van der Waals surface area contributed by atoms with Gasteiger partial charge < -0.3 is 9.80 Å². The van der Waals surface area contributed by atoms with Gasteiger partial charge in [-0.1, -0.05) is 12.8 Å². The molecule has 0 unspecified atom stereocenters. The van der Waals surface area contributed by atoms with Crippen molar-refractivity contribution in [1.82, 2.24) is 9.80 Å². The number of hydrogen-bond acceptors (Lipinski definition) is 4. The lowest BCUT2D eigenvalue weighted by Gasteiger charge is -2.16. The summed E-state index contributed by atoms with van der Waals surface area (Å²) in [6, 6.07) is 4.34. The third-order valence-electron chi connectivity index (χ3n) is 3.04. The molecule has 18 heavy (non-hydrogen) atoms. The molecule has 0 bridgehead atoms. The lowest BCUT2D eigenvalue weighted by molar-refractivity contribution is 0.316. The molecule has 0 aliphatic carbocycles. The Hall–Kier alpha value is -1.10. The summed E-state index contributed by atoms with van der Waals surface area (Å²) in [6.07, 6.45) is 6.18. The third-order valence-corrected chi connectivity index (χ3v) is 3.04. The molecule has 0 fully saturated rings. The Morgan fingerprint density at radius 1 is 0.667 bits per heavy atom. The molecule has 0 aromatic carbocycles. The largest absolute Gasteiger partial charge is 0.305 e. The molecular formula is C14H26N4. The van der Waals surface area contributed by atoms with Crippen LogP contribution in [0.25, 0.3) is 0 Å². The lowest BCUT2D eigenvalue weighted by atomic mass is 10.2. The zero-order valence-corrected chi connectivity index (χ0v) is 11.9. The van der Waals surface area contributed by atoms with E-state index in [1.54, 1.807) is 0 Å². The number of unbranched alkanes of at least 4 members (excludes halogenated alkanes) is 3. The van der Waals surface area contributed by atoms with E-state index in [-0.39, 0.29) is 0 Å². The molecule has 0 aliphatic rings. The van der Waals surface area contributed by atoms with Crippen molar-refractivity contribution in [3.05, 3.63) is 0 Å². The summed E-state index contributed by atoms with van der Waals surface area (Å²) in [7, 11) is 4.15. The summed E-state index contributed by atoms with van der Waals surface area (Å²) in [6.45, 7) is 3.94. The molecule has 0 aromatic heterocycles. The van der Waals surface area contributed by atoms with Crippen LogP contribution in [0.2, 0.25) is 0 Å². The molecule has 0 atom stereocenters. The molecule has 0 radical (unpaired) electrons. The van der Waals surface area contributed by atoms with Gasteiger partial charge in [-0.3, -0.25) is 0 Å². The number of nitrogens with zero attached hydrogens (tertiary/aromatic N) is 4. The highest BCUT2D eigenvalue weighted by atomic mass is 15.1. The number of hydrogen-bond donors (Lipinski definition) is 0. The summed E-state index contributed by atoms with van der Waals surface area (Å²) < 4.78 is 0. The Morgan fingerprint density at radius 3 is 1.39 bits per heavy atom. The van der Waals surface area contributed by atoms with Crippen LogP contribution in [0.3, 0.4) is 0 Å². The van der Waals surface area contributed by atoms with E-state index < -0.39 is 0 Å². The molecule has 0 amide bonds. The van der Waals surface area contributed by atoms with Crippen LogP contribution in [0, 0.1) is 22.7 Å². The summed E-state index contributed by atoms with van der Waals surface area (Å²) >= 11 is 0. The molecule has 0 aliphatic heterocycles. The van der Waals surface area contributed by atoms with E-state index in [1.165, 1.54) is 25.7 Å². The van der Waals surface area contributed by atoms with Crippen LogP contribution in [-0.4, -0.2) is 50.1 Å². The monoisotopic (exact) mass is 250 g/mol. The summed E-state index contributed by atoms with van der Waals surface area (Å²) in [5, 5.41) is 16.9. The normalized spacial score (nSPS) is 10.6. The van der Waals surface area contributed by atoms with Crippen molar-refractivity contribution in [3.63, 3.8) is 0 Å². The van der Waals surface area contributed by atoms with Gasteiger partial charge in [0.25, 0.3) is 0 Å². The maximum absolute atomic E-state index is 8.47. The fraction of sp³-hybridized carbons (Fsp3) is 0.857. The summed E-state index contributed by atoms with van der Waals surface area (Å²) in [5.41, 5.74) is 0. The van der Waals surface area contributed by atoms with E-state index in [0.717, 1.165) is 26.2 Å². The van der Waals surface area contributed by atoms with Crippen molar-refractivity contribution in [1.29, 1.82) is 10.5 Å². The molecular weight excluding hydrogens is 224 g/mol. The van der Waals surface area contributed by atoms with Crippen LogP contribution in [0.15, 0.2) is 0 Å². The van der Waals surface area contributed by atoms with Gasteiger partial charge >= 0.3 is 0 Å². The van der Waals surface area contributed by atoms with Gasteiger partial charge in [-0.15, -0.1) is 0 Å². The van der Waals surface area contributed by atoms with Crippen molar-refractivity contribution >= 4 is 0 Å². The second kappa shape index (κ2) is 12.4. The van der Waals surface area contributed by atoms with Gasteiger partial charge in [0, 0.05) is 25.9 Å². The lowest BCUT2D eigenvalue weighted by Crippen LogP contribution is -2.21. The first-order chi connectivity index (χ1) is 8.70. The molecule has 0 heterocycles. The smallest absolute Gasteiger partial charge is 0.0635 e. The third kappa shape index (κ3) is 11.4. The van der Waals surface area contributed by atoms with Gasteiger partial charge in [0.15, 0.2) is 0 Å². The van der Waals surface area contributed by atoms with E-state index in [4.69, 9.17) is 10.5 Å². The summed E-state index contributed by atoms with van der Waals surface area (Å²) in [4.78, 5) is 4.45. The Bertz CT molecular complexity index is 236. The quantitative estimate of drug-likeness (QED) is 0.528. The van der Waals surface area contributed by atoms with Crippen molar-refractivity contribution in [2.75, 3.05) is 40.3 Å². The predicted octanol–water partition coefficient (Wildman–Crippen LogP) is 2.24. The van der Waals surface area contributed by atoms with E-state index >= 15 is 0 Å². The maximum atomic E-state index is 8.47. The molecule has 0 aromatic rings. The maximum Gasteiger partial charge on any atom is 0.0635 e. The molecule has 102 valence electrons. The molecule has 0 saturated heterocycles. The number of nitriles is 2. The molecule has 0 spiro atoms. The van der Waals surface area contributed by atoms with Crippen LogP contribution >= 0.6 is 0 Å². The van der Waals surface area contributed by atoms with Crippen molar-refractivity contribution < 1.29 is 0 Å². The van der Waals surface area contributed by atoms with E-state index in [0.29, 0.717) is 12.8 Å². The van der Waals surface area contributed by atoms with E-state index in [1.807, 2.05) is 0 Å². The molecule has 0 saturated carbocycles. The first-order valence-electron chi connectivity index (χ1n) is 6.81. The minimum Gasteiger partial charge on any atom is -0.305 e.